The van der Waals surface area contributed by atoms with Gasteiger partial charge in [-0.2, -0.15) is 0 Å². The Labute approximate surface area is 310 Å². The SMILES string of the molecule is CC1(C)c2cc3ccccc3cc2-c2c(-c3ccc(-c4cc(-c5ccc6ccccc6c5-c5ccccc5)nc(-c5ccccc5)n4)cc3)cccc21. The molecule has 1 aliphatic carbocycles. The molecule has 10 rings (SSSR count). The lowest BCUT2D eigenvalue weighted by Gasteiger charge is -2.22. The number of fused-ring (bicyclic) bond motifs is 5. The molecule has 2 nitrogen and oxygen atoms in total. The van der Waals surface area contributed by atoms with Crippen molar-refractivity contribution in [3.8, 4) is 67.3 Å². The number of nitrogens with zero attached hydrogens (tertiary/aromatic N) is 2. The summed E-state index contributed by atoms with van der Waals surface area (Å²) in [5.74, 6) is 0.710. The van der Waals surface area contributed by atoms with Crippen molar-refractivity contribution in [3.05, 3.63) is 193 Å². The second-order valence-corrected chi connectivity index (χ2v) is 14.6. The van der Waals surface area contributed by atoms with Crippen LogP contribution in [0.5, 0.6) is 0 Å². The topological polar surface area (TPSA) is 25.8 Å². The van der Waals surface area contributed by atoms with Crippen molar-refractivity contribution in [1.29, 1.82) is 0 Å². The van der Waals surface area contributed by atoms with Gasteiger partial charge in [-0.3, -0.25) is 0 Å². The van der Waals surface area contributed by atoms with Crippen LogP contribution in [-0.4, -0.2) is 9.97 Å². The Bertz CT molecular complexity index is 2830. The fourth-order valence-electron chi connectivity index (χ4n) is 8.38. The van der Waals surface area contributed by atoms with Crippen LogP contribution in [0.4, 0.5) is 0 Å². The van der Waals surface area contributed by atoms with E-state index < -0.39 is 0 Å². The standard InChI is InChI=1S/C51H36N2/c1-51(2)44-23-13-22-41(49(44)43-30-38-19-9-10-20-39(38)31-45(43)51)34-24-26-35(27-25-34)46-32-47(53-50(52-46)37-17-7-4-8-18-37)42-29-28-33-14-11-12-21-40(33)48(42)36-15-5-3-6-16-36/h3-32H,1-2H3. The van der Waals surface area contributed by atoms with Crippen LogP contribution < -0.4 is 0 Å². The van der Waals surface area contributed by atoms with Gasteiger partial charge in [0, 0.05) is 22.1 Å². The van der Waals surface area contributed by atoms with Crippen LogP contribution in [-0.2, 0) is 5.41 Å². The molecule has 9 aromatic rings. The Morgan fingerprint density at radius 3 is 1.74 bits per heavy atom. The van der Waals surface area contributed by atoms with Gasteiger partial charge in [0.1, 0.15) is 0 Å². The summed E-state index contributed by atoms with van der Waals surface area (Å²) in [7, 11) is 0. The van der Waals surface area contributed by atoms with Crippen molar-refractivity contribution < 1.29 is 0 Å². The summed E-state index contributed by atoms with van der Waals surface area (Å²) >= 11 is 0. The Kier molecular flexibility index (Phi) is 7.19. The zero-order valence-corrected chi connectivity index (χ0v) is 29.7. The summed E-state index contributed by atoms with van der Waals surface area (Å²) in [6.45, 7) is 4.71. The molecule has 0 atom stereocenters. The number of aromatic nitrogens is 2. The Morgan fingerprint density at radius 2 is 0.981 bits per heavy atom. The van der Waals surface area contributed by atoms with Crippen LogP contribution >= 0.6 is 0 Å². The van der Waals surface area contributed by atoms with Crippen LogP contribution in [0.1, 0.15) is 25.0 Å². The van der Waals surface area contributed by atoms with E-state index in [9.17, 15) is 0 Å². The van der Waals surface area contributed by atoms with Gasteiger partial charge in [0.15, 0.2) is 5.82 Å². The Hall–Kier alpha value is -6.64. The van der Waals surface area contributed by atoms with Crippen molar-refractivity contribution >= 4 is 21.5 Å². The maximum Gasteiger partial charge on any atom is 0.160 e. The van der Waals surface area contributed by atoms with Gasteiger partial charge in [-0.15, -0.1) is 0 Å². The molecule has 0 saturated carbocycles. The third kappa shape index (κ3) is 5.18. The molecular weight excluding hydrogens is 641 g/mol. The maximum atomic E-state index is 5.24. The highest BCUT2D eigenvalue weighted by molar-refractivity contribution is 6.04. The van der Waals surface area contributed by atoms with E-state index in [4.69, 9.17) is 9.97 Å². The van der Waals surface area contributed by atoms with E-state index in [0.29, 0.717) is 5.82 Å². The molecule has 53 heavy (non-hydrogen) atoms. The summed E-state index contributed by atoms with van der Waals surface area (Å²) in [6, 6.07) is 65.4. The monoisotopic (exact) mass is 676 g/mol. The number of rotatable bonds is 5. The van der Waals surface area contributed by atoms with E-state index in [-0.39, 0.29) is 5.41 Å². The van der Waals surface area contributed by atoms with Gasteiger partial charge in [-0.1, -0.05) is 178 Å². The lowest BCUT2D eigenvalue weighted by atomic mass is 9.81. The normalized spacial score (nSPS) is 12.9. The van der Waals surface area contributed by atoms with Gasteiger partial charge in [0.25, 0.3) is 0 Å². The van der Waals surface area contributed by atoms with Crippen molar-refractivity contribution in [2.45, 2.75) is 19.3 Å². The van der Waals surface area contributed by atoms with Gasteiger partial charge >= 0.3 is 0 Å². The van der Waals surface area contributed by atoms with Crippen molar-refractivity contribution in [1.82, 2.24) is 9.97 Å². The molecule has 8 aromatic carbocycles. The minimum Gasteiger partial charge on any atom is -0.228 e. The highest BCUT2D eigenvalue weighted by Gasteiger charge is 2.37. The van der Waals surface area contributed by atoms with E-state index in [1.54, 1.807) is 0 Å². The zero-order chi connectivity index (χ0) is 35.5. The quantitative estimate of drug-likeness (QED) is 0.181. The maximum absolute atomic E-state index is 5.24. The average Bonchev–Trinajstić information content (AvgIpc) is 3.45. The smallest absolute Gasteiger partial charge is 0.160 e. The van der Waals surface area contributed by atoms with Crippen molar-refractivity contribution in [2.75, 3.05) is 0 Å². The lowest BCUT2D eigenvalue weighted by Crippen LogP contribution is -2.14. The highest BCUT2D eigenvalue weighted by Crippen LogP contribution is 2.53. The molecule has 0 amide bonds. The minimum atomic E-state index is -0.0861. The molecule has 2 heteroatoms. The van der Waals surface area contributed by atoms with Crippen LogP contribution in [0.15, 0.2) is 182 Å². The molecule has 0 unspecified atom stereocenters. The lowest BCUT2D eigenvalue weighted by molar-refractivity contribution is 0.661. The summed E-state index contributed by atoms with van der Waals surface area (Å²) in [5, 5.41) is 4.97. The van der Waals surface area contributed by atoms with Crippen LogP contribution in [0, 0.1) is 0 Å². The second kappa shape index (κ2) is 12.3. The summed E-state index contributed by atoms with van der Waals surface area (Å²) in [4.78, 5) is 10.4. The predicted molar refractivity (Wildman–Crippen MR) is 222 cm³/mol. The van der Waals surface area contributed by atoms with Gasteiger partial charge < -0.3 is 0 Å². The molecule has 0 saturated heterocycles. The Balaban J connectivity index is 1.12. The molecule has 250 valence electrons. The summed E-state index contributed by atoms with van der Waals surface area (Å²) < 4.78 is 0. The largest absolute Gasteiger partial charge is 0.228 e. The van der Waals surface area contributed by atoms with Crippen molar-refractivity contribution in [3.63, 3.8) is 0 Å². The first-order chi connectivity index (χ1) is 26.0. The van der Waals surface area contributed by atoms with E-state index in [1.807, 2.05) is 18.2 Å². The molecular formula is C51H36N2. The third-order valence-corrected chi connectivity index (χ3v) is 11.1. The molecule has 0 bridgehead atoms. The molecule has 1 aromatic heterocycles. The number of hydrogen-bond acceptors (Lipinski definition) is 2. The van der Waals surface area contributed by atoms with Crippen LogP contribution in [0.3, 0.4) is 0 Å². The number of hydrogen-bond donors (Lipinski definition) is 0. The predicted octanol–water partition coefficient (Wildman–Crippen LogP) is 13.4. The minimum absolute atomic E-state index is 0.0861. The van der Waals surface area contributed by atoms with E-state index in [0.717, 1.165) is 28.1 Å². The van der Waals surface area contributed by atoms with Crippen molar-refractivity contribution in [2.24, 2.45) is 0 Å². The molecule has 0 N–H and O–H groups in total. The third-order valence-electron chi connectivity index (χ3n) is 11.1. The molecule has 0 fully saturated rings. The average molecular weight is 677 g/mol. The van der Waals surface area contributed by atoms with E-state index >= 15 is 0 Å². The fraction of sp³-hybridized carbons (Fsp3) is 0.0588. The first-order valence-corrected chi connectivity index (χ1v) is 18.3. The van der Waals surface area contributed by atoms with E-state index in [2.05, 4.69) is 178 Å². The number of benzene rings is 8. The second-order valence-electron chi connectivity index (χ2n) is 14.6. The summed E-state index contributed by atoms with van der Waals surface area (Å²) in [6.07, 6.45) is 0. The zero-order valence-electron chi connectivity index (χ0n) is 29.7. The van der Waals surface area contributed by atoms with E-state index in [1.165, 1.54) is 66.1 Å². The summed E-state index contributed by atoms with van der Waals surface area (Å²) in [5.41, 5.74) is 15.1. The van der Waals surface area contributed by atoms with Gasteiger partial charge in [-0.25, -0.2) is 9.97 Å². The fourth-order valence-corrected chi connectivity index (χ4v) is 8.38. The van der Waals surface area contributed by atoms with Crippen LogP contribution in [0.2, 0.25) is 0 Å². The molecule has 0 spiro atoms. The van der Waals surface area contributed by atoms with Gasteiger partial charge in [-0.05, 0) is 84.3 Å². The Morgan fingerprint density at radius 1 is 0.358 bits per heavy atom. The van der Waals surface area contributed by atoms with Gasteiger partial charge in [0.2, 0.25) is 0 Å². The molecule has 1 aliphatic rings. The van der Waals surface area contributed by atoms with Crippen LogP contribution in [0.25, 0.3) is 88.8 Å². The molecule has 0 radical (unpaired) electrons. The molecule has 0 aliphatic heterocycles. The van der Waals surface area contributed by atoms with Gasteiger partial charge in [0.05, 0.1) is 11.4 Å². The first-order valence-electron chi connectivity index (χ1n) is 18.3. The highest BCUT2D eigenvalue weighted by atomic mass is 14.9. The molecule has 1 heterocycles. The first kappa shape index (κ1) is 31.1.